The van der Waals surface area contributed by atoms with E-state index in [1.165, 1.54) is 0 Å². The summed E-state index contributed by atoms with van der Waals surface area (Å²) in [6.07, 6.45) is 3.74. The van der Waals surface area contributed by atoms with Crippen molar-refractivity contribution in [1.29, 1.82) is 0 Å². The zero-order chi connectivity index (χ0) is 16.9. The average molecular weight is 332 g/mol. The van der Waals surface area contributed by atoms with Gasteiger partial charge in [0.15, 0.2) is 0 Å². The molecule has 3 rings (SSSR count). The van der Waals surface area contributed by atoms with Gasteiger partial charge >= 0.3 is 0 Å². The third kappa shape index (κ3) is 4.46. The molecule has 1 saturated heterocycles. The van der Waals surface area contributed by atoms with Gasteiger partial charge in [0.25, 0.3) is 0 Å². The van der Waals surface area contributed by atoms with Crippen molar-refractivity contribution < 1.29 is 13.9 Å². The summed E-state index contributed by atoms with van der Waals surface area (Å²) in [5.74, 6) is 1.76. The number of aromatic nitrogens is 2. The van der Waals surface area contributed by atoms with E-state index in [-0.39, 0.29) is 12.0 Å². The Labute approximate surface area is 141 Å². The van der Waals surface area contributed by atoms with Gasteiger partial charge in [-0.1, -0.05) is 0 Å². The molecular weight excluding hydrogens is 308 g/mol. The first-order valence-electron chi connectivity index (χ1n) is 8.21. The Morgan fingerprint density at radius 2 is 2.33 bits per heavy atom. The molecule has 2 aromatic rings. The standard InChI is InChI=1S/C17H24N4O3/c1-14-4-5-15(24-14)10-19(2)17(22)13-20-8-9-23-16(11-20)12-21-7-3-6-18-21/h3-7,16H,8-13H2,1-2H3. The molecule has 1 aliphatic rings. The van der Waals surface area contributed by atoms with Crippen LogP contribution in [0.5, 0.6) is 0 Å². The van der Waals surface area contributed by atoms with Crippen LogP contribution in [-0.2, 0) is 22.6 Å². The Bertz CT molecular complexity index is 653. The second kappa shape index (κ2) is 7.63. The Hall–Kier alpha value is -2.12. The highest BCUT2D eigenvalue weighted by molar-refractivity contribution is 5.77. The minimum atomic E-state index is 0.0597. The van der Waals surface area contributed by atoms with Gasteiger partial charge in [0.05, 0.1) is 32.3 Å². The monoisotopic (exact) mass is 332 g/mol. The van der Waals surface area contributed by atoms with Gasteiger partial charge in [0.2, 0.25) is 5.91 Å². The number of likely N-dealkylation sites (N-methyl/N-ethyl adjacent to an activating group) is 1. The number of rotatable bonds is 6. The van der Waals surface area contributed by atoms with E-state index in [2.05, 4.69) is 10.00 Å². The van der Waals surface area contributed by atoms with E-state index in [0.29, 0.717) is 26.2 Å². The number of carbonyl (C=O) groups excluding carboxylic acids is 1. The molecule has 0 spiro atoms. The Morgan fingerprint density at radius 3 is 3.04 bits per heavy atom. The Kier molecular flexibility index (Phi) is 5.32. The van der Waals surface area contributed by atoms with Crippen molar-refractivity contribution in [2.45, 2.75) is 26.1 Å². The molecule has 0 N–H and O–H groups in total. The fraction of sp³-hybridized carbons (Fsp3) is 0.529. The number of hydrogen-bond donors (Lipinski definition) is 0. The van der Waals surface area contributed by atoms with Crippen molar-refractivity contribution in [2.24, 2.45) is 0 Å². The van der Waals surface area contributed by atoms with Crippen molar-refractivity contribution >= 4 is 5.91 Å². The third-order valence-electron chi connectivity index (χ3n) is 4.15. The maximum Gasteiger partial charge on any atom is 0.236 e. The highest BCUT2D eigenvalue weighted by atomic mass is 16.5. The van der Waals surface area contributed by atoms with Gasteiger partial charge in [0, 0.05) is 32.5 Å². The topological polar surface area (TPSA) is 63.7 Å². The molecule has 1 amide bonds. The lowest BCUT2D eigenvalue weighted by atomic mass is 10.2. The lowest BCUT2D eigenvalue weighted by molar-refractivity contribution is -0.134. The molecule has 0 radical (unpaired) electrons. The van der Waals surface area contributed by atoms with Crippen molar-refractivity contribution in [3.8, 4) is 0 Å². The second-order valence-corrected chi connectivity index (χ2v) is 6.22. The summed E-state index contributed by atoms with van der Waals surface area (Å²) in [6.45, 7) is 5.65. The maximum absolute atomic E-state index is 12.4. The molecule has 0 aromatic carbocycles. The number of ether oxygens (including phenoxy) is 1. The number of carbonyl (C=O) groups is 1. The molecule has 1 atom stereocenters. The molecular formula is C17H24N4O3. The van der Waals surface area contributed by atoms with Crippen LogP contribution in [0.2, 0.25) is 0 Å². The number of aryl methyl sites for hydroxylation is 1. The second-order valence-electron chi connectivity index (χ2n) is 6.22. The first-order valence-corrected chi connectivity index (χ1v) is 8.21. The quantitative estimate of drug-likeness (QED) is 0.794. The van der Waals surface area contributed by atoms with Gasteiger partial charge in [-0.2, -0.15) is 5.10 Å². The molecule has 0 saturated carbocycles. The van der Waals surface area contributed by atoms with Crippen LogP contribution in [-0.4, -0.2) is 64.9 Å². The van der Waals surface area contributed by atoms with Gasteiger partial charge in [-0.15, -0.1) is 0 Å². The molecule has 7 nitrogen and oxygen atoms in total. The SMILES string of the molecule is Cc1ccc(CN(C)C(=O)CN2CCOC(Cn3cccn3)C2)o1. The van der Waals surface area contributed by atoms with Gasteiger partial charge in [0.1, 0.15) is 11.5 Å². The molecule has 24 heavy (non-hydrogen) atoms. The van der Waals surface area contributed by atoms with Crippen LogP contribution < -0.4 is 0 Å². The lowest BCUT2D eigenvalue weighted by Gasteiger charge is -2.33. The fourth-order valence-electron chi connectivity index (χ4n) is 2.86. The predicted molar refractivity (Wildman–Crippen MR) is 88.3 cm³/mol. The van der Waals surface area contributed by atoms with Gasteiger partial charge in [-0.3, -0.25) is 14.4 Å². The van der Waals surface area contributed by atoms with E-state index < -0.39 is 0 Å². The summed E-state index contributed by atoms with van der Waals surface area (Å²) >= 11 is 0. The van der Waals surface area contributed by atoms with E-state index >= 15 is 0 Å². The van der Waals surface area contributed by atoms with Crippen LogP contribution in [0.4, 0.5) is 0 Å². The highest BCUT2D eigenvalue weighted by Gasteiger charge is 2.24. The van der Waals surface area contributed by atoms with Gasteiger partial charge in [-0.05, 0) is 25.1 Å². The van der Waals surface area contributed by atoms with Crippen LogP contribution in [0.25, 0.3) is 0 Å². The Morgan fingerprint density at radius 1 is 1.46 bits per heavy atom. The molecule has 7 heteroatoms. The average Bonchev–Trinajstić information content (AvgIpc) is 3.19. The first-order chi connectivity index (χ1) is 11.6. The number of nitrogens with zero attached hydrogens (tertiary/aromatic N) is 4. The van der Waals surface area contributed by atoms with E-state index in [1.807, 2.05) is 43.0 Å². The van der Waals surface area contributed by atoms with E-state index in [1.54, 1.807) is 11.1 Å². The molecule has 0 bridgehead atoms. The summed E-state index contributed by atoms with van der Waals surface area (Å²) in [7, 11) is 1.81. The van der Waals surface area contributed by atoms with Crippen molar-refractivity contribution in [3.63, 3.8) is 0 Å². The molecule has 2 aromatic heterocycles. The van der Waals surface area contributed by atoms with Crippen LogP contribution in [0.15, 0.2) is 35.0 Å². The molecule has 130 valence electrons. The number of hydrogen-bond acceptors (Lipinski definition) is 5. The van der Waals surface area contributed by atoms with Crippen molar-refractivity contribution in [1.82, 2.24) is 19.6 Å². The third-order valence-corrected chi connectivity index (χ3v) is 4.15. The van der Waals surface area contributed by atoms with Gasteiger partial charge in [-0.25, -0.2) is 0 Å². The maximum atomic E-state index is 12.4. The summed E-state index contributed by atoms with van der Waals surface area (Å²) in [4.78, 5) is 16.3. The molecule has 1 fully saturated rings. The molecule has 0 aliphatic carbocycles. The smallest absolute Gasteiger partial charge is 0.236 e. The van der Waals surface area contributed by atoms with Crippen LogP contribution in [0.3, 0.4) is 0 Å². The number of morpholine rings is 1. The largest absolute Gasteiger partial charge is 0.464 e. The summed E-state index contributed by atoms with van der Waals surface area (Å²) in [5, 5.41) is 4.21. The summed E-state index contributed by atoms with van der Waals surface area (Å²) in [6, 6.07) is 5.72. The summed E-state index contributed by atoms with van der Waals surface area (Å²) < 4.78 is 13.2. The highest BCUT2D eigenvalue weighted by Crippen LogP contribution is 2.11. The minimum Gasteiger partial charge on any atom is -0.464 e. The van der Waals surface area contributed by atoms with E-state index in [0.717, 1.165) is 24.6 Å². The summed E-state index contributed by atoms with van der Waals surface area (Å²) in [5.41, 5.74) is 0. The lowest BCUT2D eigenvalue weighted by Crippen LogP contribution is -2.48. The van der Waals surface area contributed by atoms with E-state index in [9.17, 15) is 4.79 Å². The zero-order valence-corrected chi connectivity index (χ0v) is 14.2. The van der Waals surface area contributed by atoms with Crippen molar-refractivity contribution in [2.75, 3.05) is 33.3 Å². The van der Waals surface area contributed by atoms with E-state index in [4.69, 9.17) is 9.15 Å². The van der Waals surface area contributed by atoms with Crippen LogP contribution >= 0.6 is 0 Å². The zero-order valence-electron chi connectivity index (χ0n) is 14.2. The fourth-order valence-corrected chi connectivity index (χ4v) is 2.86. The minimum absolute atomic E-state index is 0.0597. The van der Waals surface area contributed by atoms with Crippen molar-refractivity contribution in [3.05, 3.63) is 42.1 Å². The number of furan rings is 1. The number of amides is 1. The van der Waals surface area contributed by atoms with Crippen LogP contribution in [0.1, 0.15) is 11.5 Å². The molecule has 1 aliphatic heterocycles. The Balaban J connectivity index is 1.48. The van der Waals surface area contributed by atoms with Gasteiger partial charge < -0.3 is 14.1 Å². The molecule has 3 heterocycles. The normalized spacial score (nSPS) is 18.7. The molecule has 1 unspecified atom stereocenters. The first kappa shape index (κ1) is 16.7. The predicted octanol–water partition coefficient (Wildman–Crippen LogP) is 1.14. The van der Waals surface area contributed by atoms with Crippen LogP contribution in [0, 0.1) is 6.92 Å².